The predicted molar refractivity (Wildman–Crippen MR) is 65.7 cm³/mol. The Morgan fingerprint density at radius 2 is 2.15 bits per heavy atom. The number of aromatic nitrogens is 2. The molecular formula is C12H17F3N4O. The van der Waals surface area contributed by atoms with Crippen LogP contribution in [-0.2, 0) is 4.79 Å². The fourth-order valence-corrected chi connectivity index (χ4v) is 2.38. The van der Waals surface area contributed by atoms with Crippen molar-refractivity contribution in [2.24, 2.45) is 5.73 Å². The first-order valence-electron chi connectivity index (χ1n) is 6.37. The van der Waals surface area contributed by atoms with Gasteiger partial charge in [-0.3, -0.25) is 4.79 Å². The van der Waals surface area contributed by atoms with E-state index in [-0.39, 0.29) is 12.1 Å². The van der Waals surface area contributed by atoms with Crippen LogP contribution in [0, 0.1) is 0 Å². The van der Waals surface area contributed by atoms with E-state index in [4.69, 9.17) is 5.73 Å². The van der Waals surface area contributed by atoms with Crippen molar-refractivity contribution in [2.75, 3.05) is 0 Å². The second kappa shape index (κ2) is 5.08. The number of alkyl halides is 3. The highest BCUT2D eigenvalue weighted by atomic mass is 19.4. The van der Waals surface area contributed by atoms with Crippen LogP contribution in [0.3, 0.4) is 0 Å². The quantitative estimate of drug-likeness (QED) is 0.883. The van der Waals surface area contributed by atoms with Gasteiger partial charge in [0.2, 0.25) is 5.91 Å². The molecular weight excluding hydrogens is 273 g/mol. The van der Waals surface area contributed by atoms with Gasteiger partial charge >= 0.3 is 6.18 Å². The van der Waals surface area contributed by atoms with Crippen LogP contribution in [-0.4, -0.2) is 33.2 Å². The maximum absolute atomic E-state index is 12.7. The third-order valence-electron chi connectivity index (χ3n) is 3.76. The van der Waals surface area contributed by atoms with Crippen LogP contribution in [0.15, 0.2) is 18.7 Å². The summed E-state index contributed by atoms with van der Waals surface area (Å²) < 4.78 is 40.0. The Kier molecular flexibility index (Phi) is 3.77. The fraction of sp³-hybridized carbons (Fsp3) is 0.667. The molecule has 8 heteroatoms. The Morgan fingerprint density at radius 1 is 1.45 bits per heavy atom. The number of carbonyl (C=O) groups is 1. The van der Waals surface area contributed by atoms with Gasteiger partial charge in [-0.25, -0.2) is 4.98 Å². The van der Waals surface area contributed by atoms with Gasteiger partial charge in [-0.1, -0.05) is 0 Å². The number of carbonyl (C=O) groups excluding carboxylic acids is 1. The van der Waals surface area contributed by atoms with Gasteiger partial charge in [-0.15, -0.1) is 0 Å². The molecule has 5 nitrogen and oxygen atoms in total. The molecule has 3 atom stereocenters. The molecule has 0 aromatic carbocycles. The zero-order chi connectivity index (χ0) is 15.0. The zero-order valence-corrected chi connectivity index (χ0v) is 11.0. The number of halogens is 3. The summed E-state index contributed by atoms with van der Waals surface area (Å²) in [6.07, 6.45) is 2.40. The van der Waals surface area contributed by atoms with Crippen molar-refractivity contribution < 1.29 is 18.0 Å². The van der Waals surface area contributed by atoms with E-state index in [1.54, 1.807) is 23.3 Å². The SMILES string of the molecule is CC(N)(C(=O)NC1CCCC1n1ccnc1)C(F)(F)F. The molecule has 112 valence electrons. The van der Waals surface area contributed by atoms with Gasteiger partial charge < -0.3 is 15.6 Å². The average molecular weight is 290 g/mol. The number of hydrogen-bond donors (Lipinski definition) is 2. The molecule has 1 amide bonds. The average Bonchev–Trinajstić information content (AvgIpc) is 2.96. The number of rotatable bonds is 3. The van der Waals surface area contributed by atoms with Crippen molar-refractivity contribution in [3.8, 4) is 0 Å². The minimum absolute atomic E-state index is 0.0783. The molecule has 1 aromatic rings. The van der Waals surface area contributed by atoms with E-state index in [2.05, 4.69) is 10.3 Å². The Balaban J connectivity index is 2.08. The van der Waals surface area contributed by atoms with E-state index in [1.807, 2.05) is 0 Å². The molecule has 0 spiro atoms. The molecule has 1 heterocycles. The Bertz CT molecular complexity index is 470. The first kappa shape index (κ1) is 14.8. The van der Waals surface area contributed by atoms with Gasteiger partial charge in [0.25, 0.3) is 0 Å². The van der Waals surface area contributed by atoms with Gasteiger partial charge in [0.15, 0.2) is 5.54 Å². The summed E-state index contributed by atoms with van der Waals surface area (Å²) in [5.41, 5.74) is 2.24. The van der Waals surface area contributed by atoms with E-state index in [0.717, 1.165) is 12.8 Å². The molecule has 3 unspecified atom stereocenters. The molecule has 1 aliphatic carbocycles. The summed E-state index contributed by atoms with van der Waals surface area (Å²) in [7, 11) is 0. The molecule has 3 N–H and O–H groups in total. The zero-order valence-electron chi connectivity index (χ0n) is 11.0. The molecule has 1 fully saturated rings. The Morgan fingerprint density at radius 3 is 2.70 bits per heavy atom. The molecule has 0 saturated heterocycles. The molecule has 2 rings (SSSR count). The third-order valence-corrected chi connectivity index (χ3v) is 3.76. The van der Waals surface area contributed by atoms with Crippen molar-refractivity contribution in [3.05, 3.63) is 18.7 Å². The summed E-state index contributed by atoms with van der Waals surface area (Å²) in [5, 5.41) is 2.43. The number of amides is 1. The number of imidazole rings is 1. The molecule has 1 aromatic heterocycles. The van der Waals surface area contributed by atoms with Crippen LogP contribution in [0.4, 0.5) is 13.2 Å². The second-order valence-corrected chi connectivity index (χ2v) is 5.29. The van der Waals surface area contributed by atoms with Gasteiger partial charge in [0.05, 0.1) is 12.4 Å². The van der Waals surface area contributed by atoms with Gasteiger partial charge in [-0.2, -0.15) is 13.2 Å². The lowest BCUT2D eigenvalue weighted by atomic mass is 10.0. The van der Waals surface area contributed by atoms with Crippen LogP contribution < -0.4 is 11.1 Å². The van der Waals surface area contributed by atoms with Crippen molar-refractivity contribution in [2.45, 2.75) is 50.0 Å². The molecule has 1 aliphatic rings. The first-order chi connectivity index (χ1) is 9.23. The summed E-state index contributed by atoms with van der Waals surface area (Å²) in [5.74, 6) is -1.19. The van der Waals surface area contributed by atoms with Crippen LogP contribution >= 0.6 is 0 Å². The normalized spacial score (nSPS) is 26.2. The van der Waals surface area contributed by atoms with Gasteiger partial charge in [-0.05, 0) is 26.2 Å². The number of nitrogens with two attached hydrogens (primary N) is 1. The van der Waals surface area contributed by atoms with E-state index in [9.17, 15) is 18.0 Å². The first-order valence-corrected chi connectivity index (χ1v) is 6.37. The summed E-state index contributed by atoms with van der Waals surface area (Å²) in [6.45, 7) is 0.684. The van der Waals surface area contributed by atoms with Crippen molar-refractivity contribution in [3.63, 3.8) is 0 Å². The third kappa shape index (κ3) is 2.65. The van der Waals surface area contributed by atoms with Crippen LogP contribution in [0.2, 0.25) is 0 Å². The van der Waals surface area contributed by atoms with Crippen LogP contribution in [0.1, 0.15) is 32.2 Å². The van der Waals surface area contributed by atoms with Gasteiger partial charge in [0.1, 0.15) is 0 Å². The Labute approximate surface area is 114 Å². The lowest BCUT2D eigenvalue weighted by Crippen LogP contribution is -2.63. The van der Waals surface area contributed by atoms with E-state index in [1.165, 1.54) is 0 Å². The Hall–Kier alpha value is -1.57. The maximum Gasteiger partial charge on any atom is 0.415 e. The van der Waals surface area contributed by atoms with E-state index in [0.29, 0.717) is 13.3 Å². The smallest absolute Gasteiger partial charge is 0.349 e. The van der Waals surface area contributed by atoms with Gasteiger partial charge in [0, 0.05) is 18.4 Å². The lowest BCUT2D eigenvalue weighted by molar-refractivity contribution is -0.187. The lowest BCUT2D eigenvalue weighted by Gasteiger charge is -2.30. The molecule has 0 aliphatic heterocycles. The summed E-state index contributed by atoms with van der Waals surface area (Å²) >= 11 is 0. The number of nitrogens with one attached hydrogen (secondary N) is 1. The minimum atomic E-state index is -4.78. The highest BCUT2D eigenvalue weighted by Gasteiger charge is 2.54. The molecule has 1 saturated carbocycles. The highest BCUT2D eigenvalue weighted by molar-refractivity contribution is 5.86. The largest absolute Gasteiger partial charge is 0.415 e. The minimum Gasteiger partial charge on any atom is -0.349 e. The van der Waals surface area contributed by atoms with Crippen LogP contribution in [0.5, 0.6) is 0 Å². The van der Waals surface area contributed by atoms with Crippen molar-refractivity contribution >= 4 is 5.91 Å². The van der Waals surface area contributed by atoms with E-state index < -0.39 is 17.6 Å². The summed E-state index contributed by atoms with van der Waals surface area (Å²) in [6, 6.07) is -0.438. The van der Waals surface area contributed by atoms with Crippen molar-refractivity contribution in [1.29, 1.82) is 0 Å². The van der Waals surface area contributed by atoms with Crippen LogP contribution in [0.25, 0.3) is 0 Å². The topological polar surface area (TPSA) is 72.9 Å². The second-order valence-electron chi connectivity index (χ2n) is 5.29. The highest BCUT2D eigenvalue weighted by Crippen LogP contribution is 2.32. The standard InChI is InChI=1S/C12H17F3N4O/c1-11(16,12(13,14)15)10(20)18-8-3-2-4-9(8)19-6-5-17-7-19/h5-9H,2-4,16H2,1H3,(H,18,20). The molecule has 0 bridgehead atoms. The molecule has 0 radical (unpaired) electrons. The summed E-state index contributed by atoms with van der Waals surface area (Å²) in [4.78, 5) is 15.7. The number of hydrogen-bond acceptors (Lipinski definition) is 3. The van der Waals surface area contributed by atoms with Crippen molar-refractivity contribution in [1.82, 2.24) is 14.9 Å². The monoisotopic (exact) mass is 290 g/mol. The maximum atomic E-state index is 12.7. The fourth-order valence-electron chi connectivity index (χ4n) is 2.38. The molecule has 20 heavy (non-hydrogen) atoms. The number of nitrogens with zero attached hydrogens (tertiary/aromatic N) is 2. The van der Waals surface area contributed by atoms with E-state index >= 15 is 0 Å². The predicted octanol–water partition coefficient (Wildman–Crippen LogP) is 1.37.